The Morgan fingerprint density at radius 2 is 2.37 bits per heavy atom. The molecule has 1 amide bonds. The molecule has 1 aromatic rings. The molecule has 2 rings (SSSR count). The molecule has 2 heterocycles. The summed E-state index contributed by atoms with van der Waals surface area (Å²) < 4.78 is 0. The number of likely N-dealkylation sites (tertiary alicyclic amines) is 1. The molecule has 1 saturated heterocycles. The van der Waals surface area contributed by atoms with Gasteiger partial charge in [-0.1, -0.05) is 13.0 Å². The first-order valence-corrected chi connectivity index (χ1v) is 7.82. The molecule has 0 radical (unpaired) electrons. The zero-order valence-electron chi connectivity index (χ0n) is 11.7. The second-order valence-corrected chi connectivity index (χ2v) is 6.18. The van der Waals surface area contributed by atoms with Crippen LogP contribution >= 0.6 is 11.3 Å². The average molecular weight is 281 g/mol. The number of hydrogen-bond acceptors (Lipinski definition) is 4. The highest BCUT2D eigenvalue weighted by molar-refractivity contribution is 7.12. The molecular weight excluding hydrogens is 258 g/mol. The van der Waals surface area contributed by atoms with Crippen LogP contribution in [0, 0.1) is 5.92 Å². The van der Waals surface area contributed by atoms with Gasteiger partial charge in [0.05, 0.1) is 4.88 Å². The van der Waals surface area contributed by atoms with Gasteiger partial charge in [-0.2, -0.15) is 0 Å². The van der Waals surface area contributed by atoms with E-state index in [0.717, 1.165) is 37.5 Å². The Hall–Kier alpha value is -0.910. The van der Waals surface area contributed by atoms with Gasteiger partial charge in [0.2, 0.25) is 0 Å². The summed E-state index contributed by atoms with van der Waals surface area (Å²) in [4.78, 5) is 15.1. The molecule has 19 heavy (non-hydrogen) atoms. The van der Waals surface area contributed by atoms with Crippen LogP contribution in [0.2, 0.25) is 0 Å². The van der Waals surface area contributed by atoms with Gasteiger partial charge in [0.1, 0.15) is 0 Å². The molecule has 0 aliphatic carbocycles. The van der Waals surface area contributed by atoms with Crippen molar-refractivity contribution in [2.75, 3.05) is 33.2 Å². The second kappa shape index (κ2) is 7.03. The van der Waals surface area contributed by atoms with Crippen molar-refractivity contribution in [3.8, 4) is 0 Å². The minimum Gasteiger partial charge on any atom is -0.351 e. The Bertz CT molecular complexity index is 393. The number of carbonyl (C=O) groups is 1. The number of thiophene rings is 1. The quantitative estimate of drug-likeness (QED) is 0.828. The maximum absolute atomic E-state index is 11.9. The molecule has 4 nitrogen and oxygen atoms in total. The van der Waals surface area contributed by atoms with E-state index in [1.165, 1.54) is 11.3 Å². The minimum atomic E-state index is 0.0544. The number of carbonyl (C=O) groups excluding carboxylic acids is 1. The fraction of sp³-hybridized carbons (Fsp3) is 0.643. The number of amides is 1. The minimum absolute atomic E-state index is 0.0544. The summed E-state index contributed by atoms with van der Waals surface area (Å²) in [5, 5.41) is 8.57. The number of likely N-dealkylation sites (N-methyl/N-ethyl adjacent to an activating group) is 1. The first kappa shape index (κ1) is 14.5. The van der Waals surface area contributed by atoms with Crippen LogP contribution < -0.4 is 10.6 Å². The molecule has 1 aliphatic rings. The maximum Gasteiger partial charge on any atom is 0.261 e. The van der Waals surface area contributed by atoms with Gasteiger partial charge in [-0.25, -0.2) is 0 Å². The Labute approximate surface area is 119 Å². The molecule has 0 aromatic carbocycles. The lowest BCUT2D eigenvalue weighted by Crippen LogP contribution is -2.41. The highest BCUT2D eigenvalue weighted by atomic mass is 32.1. The lowest BCUT2D eigenvalue weighted by molar-refractivity contribution is 0.0950. The summed E-state index contributed by atoms with van der Waals surface area (Å²) in [7, 11) is 2.14. The van der Waals surface area contributed by atoms with Gasteiger partial charge < -0.3 is 15.5 Å². The Kier molecular flexibility index (Phi) is 5.36. The molecule has 0 saturated carbocycles. The summed E-state index contributed by atoms with van der Waals surface area (Å²) in [6.45, 7) is 6.10. The van der Waals surface area contributed by atoms with Gasteiger partial charge >= 0.3 is 0 Å². The van der Waals surface area contributed by atoms with Crippen LogP contribution in [0.25, 0.3) is 0 Å². The van der Waals surface area contributed by atoms with Gasteiger partial charge in [-0.15, -0.1) is 11.3 Å². The van der Waals surface area contributed by atoms with Crippen molar-refractivity contribution in [3.63, 3.8) is 0 Å². The summed E-state index contributed by atoms with van der Waals surface area (Å²) >= 11 is 1.49. The summed E-state index contributed by atoms with van der Waals surface area (Å²) in [5.41, 5.74) is 0. The van der Waals surface area contributed by atoms with Crippen LogP contribution in [0.5, 0.6) is 0 Å². The van der Waals surface area contributed by atoms with Crippen molar-refractivity contribution in [2.24, 2.45) is 5.92 Å². The predicted octanol–water partition coefficient (Wildman–Crippen LogP) is 1.41. The monoisotopic (exact) mass is 281 g/mol. The topological polar surface area (TPSA) is 44.4 Å². The zero-order valence-corrected chi connectivity index (χ0v) is 12.5. The maximum atomic E-state index is 11.9. The van der Waals surface area contributed by atoms with Gasteiger partial charge in [0, 0.05) is 31.6 Å². The molecule has 2 N–H and O–H groups in total. The van der Waals surface area contributed by atoms with Gasteiger partial charge in [-0.3, -0.25) is 4.79 Å². The number of nitrogens with one attached hydrogen (secondary N) is 2. The van der Waals surface area contributed by atoms with Gasteiger partial charge in [0.25, 0.3) is 5.91 Å². The fourth-order valence-corrected chi connectivity index (χ4v) is 3.21. The molecule has 0 bridgehead atoms. The predicted molar refractivity (Wildman–Crippen MR) is 79.7 cm³/mol. The zero-order chi connectivity index (χ0) is 13.7. The van der Waals surface area contributed by atoms with Crippen molar-refractivity contribution >= 4 is 17.2 Å². The SMILES string of the molecule is CCCNC1CN(C)CC1CNC(=O)c1cccs1. The first-order valence-electron chi connectivity index (χ1n) is 6.94. The van der Waals surface area contributed by atoms with Crippen molar-refractivity contribution in [2.45, 2.75) is 19.4 Å². The molecule has 1 fully saturated rings. The van der Waals surface area contributed by atoms with Crippen molar-refractivity contribution in [3.05, 3.63) is 22.4 Å². The van der Waals surface area contributed by atoms with Crippen molar-refractivity contribution in [1.82, 2.24) is 15.5 Å². The smallest absolute Gasteiger partial charge is 0.261 e. The summed E-state index contributed by atoms with van der Waals surface area (Å²) in [6, 6.07) is 4.27. The third-order valence-corrected chi connectivity index (χ3v) is 4.42. The van der Waals surface area contributed by atoms with Crippen LogP contribution in [-0.4, -0.2) is 50.1 Å². The molecular formula is C14H23N3OS. The second-order valence-electron chi connectivity index (χ2n) is 5.23. The van der Waals surface area contributed by atoms with E-state index in [1.807, 2.05) is 17.5 Å². The fourth-order valence-electron chi connectivity index (χ4n) is 2.57. The van der Waals surface area contributed by atoms with Crippen molar-refractivity contribution < 1.29 is 4.79 Å². The normalized spacial score (nSPS) is 23.7. The largest absolute Gasteiger partial charge is 0.351 e. The van der Waals surface area contributed by atoms with Crippen LogP contribution in [-0.2, 0) is 0 Å². The highest BCUT2D eigenvalue weighted by Crippen LogP contribution is 2.15. The third-order valence-electron chi connectivity index (χ3n) is 3.55. The average Bonchev–Trinajstić information content (AvgIpc) is 3.03. The van der Waals surface area contributed by atoms with E-state index in [4.69, 9.17) is 0 Å². The molecule has 0 spiro atoms. The molecule has 2 unspecified atom stereocenters. The summed E-state index contributed by atoms with van der Waals surface area (Å²) in [6.07, 6.45) is 1.15. The molecule has 106 valence electrons. The van der Waals surface area contributed by atoms with E-state index in [2.05, 4.69) is 29.5 Å². The van der Waals surface area contributed by atoms with Crippen LogP contribution in [0.15, 0.2) is 17.5 Å². The van der Waals surface area contributed by atoms with Crippen LogP contribution in [0.1, 0.15) is 23.0 Å². The number of nitrogens with zero attached hydrogens (tertiary/aromatic N) is 1. The molecule has 5 heteroatoms. The van der Waals surface area contributed by atoms with E-state index in [9.17, 15) is 4.79 Å². The van der Waals surface area contributed by atoms with E-state index >= 15 is 0 Å². The van der Waals surface area contributed by atoms with Gasteiger partial charge in [-0.05, 0) is 31.5 Å². The number of rotatable bonds is 6. The standard InChI is InChI=1S/C14H23N3OS/c1-3-6-15-12-10-17(2)9-11(12)8-16-14(18)13-5-4-7-19-13/h4-5,7,11-12,15H,3,6,8-10H2,1-2H3,(H,16,18). The first-order chi connectivity index (χ1) is 9.20. The van der Waals surface area contributed by atoms with E-state index in [1.54, 1.807) is 0 Å². The third kappa shape index (κ3) is 4.03. The van der Waals surface area contributed by atoms with Crippen LogP contribution in [0.4, 0.5) is 0 Å². The van der Waals surface area contributed by atoms with Crippen LogP contribution in [0.3, 0.4) is 0 Å². The van der Waals surface area contributed by atoms with Gasteiger partial charge in [0.15, 0.2) is 0 Å². The molecule has 2 atom stereocenters. The molecule has 1 aliphatic heterocycles. The number of hydrogen-bond donors (Lipinski definition) is 2. The van der Waals surface area contributed by atoms with E-state index in [-0.39, 0.29) is 5.91 Å². The Morgan fingerprint density at radius 3 is 3.05 bits per heavy atom. The molecule has 1 aromatic heterocycles. The van der Waals surface area contributed by atoms with E-state index in [0.29, 0.717) is 12.0 Å². The van der Waals surface area contributed by atoms with Crippen molar-refractivity contribution in [1.29, 1.82) is 0 Å². The Balaban J connectivity index is 1.82. The van der Waals surface area contributed by atoms with E-state index < -0.39 is 0 Å². The lowest BCUT2D eigenvalue weighted by atomic mass is 10.0. The highest BCUT2D eigenvalue weighted by Gasteiger charge is 2.30. The summed E-state index contributed by atoms with van der Waals surface area (Å²) in [5.74, 6) is 0.555. The Morgan fingerprint density at radius 1 is 1.53 bits per heavy atom. The lowest BCUT2D eigenvalue weighted by Gasteiger charge is -2.19.